The average molecular weight is 447 g/mol. The van der Waals surface area contributed by atoms with Crippen LogP contribution in [0.25, 0.3) is 5.69 Å². The molecule has 0 aliphatic heterocycles. The first kappa shape index (κ1) is 21.5. The van der Waals surface area contributed by atoms with Crippen LogP contribution in [0.1, 0.15) is 15.9 Å². The molecule has 4 aromatic rings. The number of carbonyl (C=O) groups excluding carboxylic acids is 1. The summed E-state index contributed by atoms with van der Waals surface area (Å²) in [6, 6.07) is 25.0. The predicted octanol–water partition coefficient (Wildman–Crippen LogP) is 3.95. The predicted molar refractivity (Wildman–Crippen MR) is 123 cm³/mol. The van der Waals surface area contributed by atoms with Gasteiger partial charge < -0.3 is 5.32 Å². The van der Waals surface area contributed by atoms with Crippen molar-refractivity contribution in [3.05, 3.63) is 108 Å². The number of nitrogens with zero attached hydrogens (tertiary/aromatic N) is 3. The molecule has 0 fully saturated rings. The van der Waals surface area contributed by atoms with E-state index in [4.69, 9.17) is 0 Å². The maximum absolute atomic E-state index is 12.9. The zero-order valence-corrected chi connectivity index (χ0v) is 18.2. The lowest BCUT2D eigenvalue weighted by molar-refractivity contribution is 0.102. The van der Waals surface area contributed by atoms with Gasteiger partial charge in [-0.05, 0) is 42.0 Å². The lowest BCUT2D eigenvalue weighted by Gasteiger charge is -2.17. The van der Waals surface area contributed by atoms with Crippen molar-refractivity contribution in [3.63, 3.8) is 0 Å². The van der Waals surface area contributed by atoms with E-state index in [0.717, 1.165) is 11.3 Å². The molecule has 0 aliphatic rings. The standard InChI is InChI=1S/C24H22N4O3S/c1-27(17-19-8-4-2-5-9-19)32(30,31)23-14-12-21(13-15-23)26-24(29)20-16-25-28(18-20)22-10-6-3-7-11-22/h2-16,18H,17H2,1H3,(H,26,29). The molecule has 0 atom stereocenters. The van der Waals surface area contributed by atoms with E-state index >= 15 is 0 Å². The zero-order valence-electron chi connectivity index (χ0n) is 17.4. The molecule has 0 spiro atoms. The van der Waals surface area contributed by atoms with Crippen LogP contribution in [0.4, 0.5) is 5.69 Å². The molecule has 1 amide bonds. The highest BCUT2D eigenvalue weighted by molar-refractivity contribution is 7.89. The van der Waals surface area contributed by atoms with Crippen LogP contribution in [-0.4, -0.2) is 35.5 Å². The summed E-state index contributed by atoms with van der Waals surface area (Å²) in [5.41, 5.74) is 2.64. The Morgan fingerprint density at radius 1 is 0.938 bits per heavy atom. The van der Waals surface area contributed by atoms with Crippen molar-refractivity contribution in [1.82, 2.24) is 14.1 Å². The highest BCUT2D eigenvalue weighted by atomic mass is 32.2. The van der Waals surface area contributed by atoms with Crippen LogP contribution >= 0.6 is 0 Å². The number of carbonyl (C=O) groups is 1. The van der Waals surface area contributed by atoms with Gasteiger partial charge in [0.1, 0.15) is 0 Å². The van der Waals surface area contributed by atoms with Gasteiger partial charge in [0, 0.05) is 25.5 Å². The molecule has 7 nitrogen and oxygen atoms in total. The van der Waals surface area contributed by atoms with Crippen LogP contribution in [0.3, 0.4) is 0 Å². The number of hydrogen-bond acceptors (Lipinski definition) is 4. The van der Waals surface area contributed by atoms with Gasteiger partial charge in [-0.15, -0.1) is 0 Å². The third-order valence-electron chi connectivity index (χ3n) is 4.93. The van der Waals surface area contributed by atoms with Gasteiger partial charge in [-0.2, -0.15) is 9.40 Å². The van der Waals surface area contributed by atoms with Crippen molar-refractivity contribution in [2.75, 3.05) is 12.4 Å². The summed E-state index contributed by atoms with van der Waals surface area (Å²) in [5, 5.41) is 6.99. The van der Waals surface area contributed by atoms with Gasteiger partial charge in [-0.1, -0.05) is 48.5 Å². The molecule has 162 valence electrons. The molecule has 1 heterocycles. The lowest BCUT2D eigenvalue weighted by atomic mass is 10.2. The maximum Gasteiger partial charge on any atom is 0.258 e. The zero-order chi connectivity index (χ0) is 22.6. The Morgan fingerprint density at radius 3 is 2.22 bits per heavy atom. The minimum Gasteiger partial charge on any atom is -0.322 e. The summed E-state index contributed by atoms with van der Waals surface area (Å²) >= 11 is 0. The SMILES string of the molecule is CN(Cc1ccccc1)S(=O)(=O)c1ccc(NC(=O)c2cnn(-c3ccccc3)c2)cc1. The fourth-order valence-corrected chi connectivity index (χ4v) is 4.34. The van der Waals surface area contributed by atoms with E-state index in [9.17, 15) is 13.2 Å². The second kappa shape index (κ2) is 9.17. The minimum atomic E-state index is -3.65. The van der Waals surface area contributed by atoms with E-state index < -0.39 is 10.0 Å². The number of sulfonamides is 1. The number of nitrogens with one attached hydrogen (secondary N) is 1. The smallest absolute Gasteiger partial charge is 0.258 e. The Hall–Kier alpha value is -3.75. The van der Waals surface area contributed by atoms with E-state index in [-0.39, 0.29) is 17.3 Å². The van der Waals surface area contributed by atoms with Crippen LogP contribution in [0, 0.1) is 0 Å². The molecule has 0 aliphatic carbocycles. The molecular formula is C24H22N4O3S. The van der Waals surface area contributed by atoms with Gasteiger partial charge in [0.15, 0.2) is 0 Å². The van der Waals surface area contributed by atoms with Gasteiger partial charge in [0.05, 0.1) is 22.3 Å². The van der Waals surface area contributed by atoms with Crippen molar-refractivity contribution in [1.29, 1.82) is 0 Å². The Balaban J connectivity index is 1.43. The monoisotopic (exact) mass is 446 g/mol. The third-order valence-corrected chi connectivity index (χ3v) is 6.75. The second-order valence-corrected chi connectivity index (χ2v) is 9.28. The van der Waals surface area contributed by atoms with E-state index in [1.807, 2.05) is 60.7 Å². The summed E-state index contributed by atoms with van der Waals surface area (Å²) in [5.74, 6) is -0.330. The summed E-state index contributed by atoms with van der Waals surface area (Å²) in [6.45, 7) is 0.271. The molecular weight excluding hydrogens is 424 g/mol. The van der Waals surface area contributed by atoms with Crippen molar-refractivity contribution in [3.8, 4) is 5.69 Å². The highest BCUT2D eigenvalue weighted by Crippen LogP contribution is 2.20. The van der Waals surface area contributed by atoms with Crippen molar-refractivity contribution >= 4 is 21.6 Å². The molecule has 4 rings (SSSR count). The molecule has 0 bridgehead atoms. The Kier molecular flexibility index (Phi) is 6.16. The summed E-state index contributed by atoms with van der Waals surface area (Å²) in [6.07, 6.45) is 3.13. The van der Waals surface area contributed by atoms with E-state index in [2.05, 4.69) is 10.4 Å². The number of para-hydroxylation sites is 1. The topological polar surface area (TPSA) is 84.3 Å². The normalized spacial score (nSPS) is 11.4. The van der Waals surface area contributed by atoms with E-state index in [1.165, 1.54) is 22.6 Å². The van der Waals surface area contributed by atoms with Gasteiger partial charge in [0.25, 0.3) is 5.91 Å². The number of anilines is 1. The number of rotatable bonds is 7. The van der Waals surface area contributed by atoms with E-state index in [1.54, 1.807) is 30.1 Å². The maximum atomic E-state index is 12.9. The third kappa shape index (κ3) is 4.77. The fourth-order valence-electron chi connectivity index (χ4n) is 3.18. The molecule has 0 saturated carbocycles. The largest absolute Gasteiger partial charge is 0.322 e. The van der Waals surface area contributed by atoms with Crippen molar-refractivity contribution < 1.29 is 13.2 Å². The number of aromatic nitrogens is 2. The highest BCUT2D eigenvalue weighted by Gasteiger charge is 2.21. The van der Waals surface area contributed by atoms with Crippen LogP contribution in [-0.2, 0) is 16.6 Å². The molecule has 0 unspecified atom stereocenters. The van der Waals surface area contributed by atoms with Crippen LogP contribution in [0.5, 0.6) is 0 Å². The summed E-state index contributed by atoms with van der Waals surface area (Å²) in [4.78, 5) is 12.7. The Labute approximate surface area is 187 Å². The first-order valence-corrected chi connectivity index (χ1v) is 11.4. The average Bonchev–Trinajstić information content (AvgIpc) is 3.31. The van der Waals surface area contributed by atoms with Crippen LogP contribution in [0.2, 0.25) is 0 Å². The Morgan fingerprint density at radius 2 is 1.56 bits per heavy atom. The first-order valence-electron chi connectivity index (χ1n) is 9.95. The summed E-state index contributed by atoms with van der Waals surface area (Å²) < 4.78 is 28.6. The van der Waals surface area contributed by atoms with Crippen LogP contribution < -0.4 is 5.32 Å². The van der Waals surface area contributed by atoms with Crippen LogP contribution in [0.15, 0.2) is 102 Å². The van der Waals surface area contributed by atoms with Crippen molar-refractivity contribution in [2.24, 2.45) is 0 Å². The minimum absolute atomic E-state index is 0.158. The molecule has 0 radical (unpaired) electrons. The number of hydrogen-bond donors (Lipinski definition) is 1. The quantitative estimate of drug-likeness (QED) is 0.466. The second-order valence-electron chi connectivity index (χ2n) is 7.23. The van der Waals surface area contributed by atoms with Gasteiger partial charge in [-0.25, -0.2) is 13.1 Å². The molecule has 0 saturated heterocycles. The molecule has 32 heavy (non-hydrogen) atoms. The molecule has 8 heteroatoms. The molecule has 3 aromatic carbocycles. The Bertz CT molecular complexity index is 1300. The number of amides is 1. The fraction of sp³-hybridized carbons (Fsp3) is 0.0833. The van der Waals surface area contributed by atoms with Crippen molar-refractivity contribution in [2.45, 2.75) is 11.4 Å². The molecule has 1 aromatic heterocycles. The first-order chi connectivity index (χ1) is 15.4. The summed E-state index contributed by atoms with van der Waals surface area (Å²) in [7, 11) is -2.11. The lowest BCUT2D eigenvalue weighted by Crippen LogP contribution is -2.26. The number of benzene rings is 3. The van der Waals surface area contributed by atoms with Gasteiger partial charge >= 0.3 is 0 Å². The molecule has 1 N–H and O–H groups in total. The van der Waals surface area contributed by atoms with Gasteiger partial charge in [0.2, 0.25) is 10.0 Å². The van der Waals surface area contributed by atoms with E-state index in [0.29, 0.717) is 11.3 Å². The van der Waals surface area contributed by atoms with Gasteiger partial charge in [-0.3, -0.25) is 4.79 Å².